The SMILES string of the molecule is CCOc1nc(C(N)c2ccon2)nc2ccc(-c3ccc(F)cc3)nc12. The molecule has 136 valence electrons. The van der Waals surface area contributed by atoms with Crippen molar-refractivity contribution in [1.29, 1.82) is 0 Å². The summed E-state index contributed by atoms with van der Waals surface area (Å²) < 4.78 is 23.7. The first kappa shape index (κ1) is 17.0. The van der Waals surface area contributed by atoms with E-state index in [0.717, 1.165) is 5.56 Å². The number of hydrogen-bond acceptors (Lipinski definition) is 7. The summed E-state index contributed by atoms with van der Waals surface area (Å²) in [5, 5.41) is 3.84. The van der Waals surface area contributed by atoms with E-state index in [1.54, 1.807) is 18.2 Å². The molecule has 0 radical (unpaired) electrons. The van der Waals surface area contributed by atoms with Crippen LogP contribution in [0.4, 0.5) is 4.39 Å². The van der Waals surface area contributed by atoms with E-state index in [2.05, 4.69) is 20.1 Å². The van der Waals surface area contributed by atoms with E-state index in [0.29, 0.717) is 40.7 Å². The maximum Gasteiger partial charge on any atom is 0.244 e. The second-order valence-electron chi connectivity index (χ2n) is 5.79. The first-order valence-electron chi connectivity index (χ1n) is 8.39. The van der Waals surface area contributed by atoms with Gasteiger partial charge in [0.1, 0.15) is 23.8 Å². The van der Waals surface area contributed by atoms with Crippen LogP contribution in [0, 0.1) is 5.82 Å². The van der Waals surface area contributed by atoms with Gasteiger partial charge in [0.15, 0.2) is 11.3 Å². The molecule has 1 atom stereocenters. The number of ether oxygens (including phenoxy) is 1. The fraction of sp³-hybridized carbons (Fsp3) is 0.158. The van der Waals surface area contributed by atoms with Crippen molar-refractivity contribution < 1.29 is 13.7 Å². The molecule has 0 aliphatic rings. The molecule has 4 rings (SSSR count). The highest BCUT2D eigenvalue weighted by Crippen LogP contribution is 2.27. The van der Waals surface area contributed by atoms with Crippen LogP contribution in [0.5, 0.6) is 5.88 Å². The molecule has 0 spiro atoms. The van der Waals surface area contributed by atoms with Crippen molar-refractivity contribution in [3.63, 3.8) is 0 Å². The van der Waals surface area contributed by atoms with Crippen molar-refractivity contribution in [1.82, 2.24) is 20.1 Å². The van der Waals surface area contributed by atoms with Crippen molar-refractivity contribution in [3.05, 3.63) is 66.1 Å². The Labute approximate surface area is 154 Å². The maximum atomic E-state index is 13.2. The van der Waals surface area contributed by atoms with E-state index >= 15 is 0 Å². The number of aromatic nitrogens is 4. The van der Waals surface area contributed by atoms with E-state index in [1.807, 2.05) is 19.1 Å². The van der Waals surface area contributed by atoms with Crippen LogP contribution < -0.4 is 10.5 Å². The van der Waals surface area contributed by atoms with E-state index in [9.17, 15) is 4.39 Å². The summed E-state index contributed by atoms with van der Waals surface area (Å²) in [5.74, 6) is 0.390. The van der Waals surface area contributed by atoms with Gasteiger partial charge in [-0.05, 0) is 43.3 Å². The second kappa shape index (κ2) is 7.08. The van der Waals surface area contributed by atoms with Gasteiger partial charge in [-0.15, -0.1) is 0 Å². The number of rotatable bonds is 5. The third-order valence-electron chi connectivity index (χ3n) is 4.00. The van der Waals surface area contributed by atoms with Gasteiger partial charge in [0.05, 0.1) is 17.8 Å². The predicted molar refractivity (Wildman–Crippen MR) is 96.4 cm³/mol. The van der Waals surface area contributed by atoms with Crippen LogP contribution in [0.15, 0.2) is 53.3 Å². The maximum absolute atomic E-state index is 13.2. The average Bonchev–Trinajstić information content (AvgIpc) is 3.22. The Balaban J connectivity index is 1.82. The lowest BCUT2D eigenvalue weighted by Gasteiger charge is -2.12. The Hall–Kier alpha value is -3.39. The Morgan fingerprint density at radius 3 is 2.59 bits per heavy atom. The van der Waals surface area contributed by atoms with Gasteiger partial charge in [-0.1, -0.05) is 5.16 Å². The minimum atomic E-state index is -0.649. The van der Waals surface area contributed by atoms with Crippen LogP contribution in [-0.2, 0) is 0 Å². The number of pyridine rings is 1. The van der Waals surface area contributed by atoms with Gasteiger partial charge in [-0.3, -0.25) is 0 Å². The molecule has 0 aliphatic heterocycles. The minimum Gasteiger partial charge on any atom is -0.476 e. The number of nitrogens with two attached hydrogens (primary N) is 1. The molecule has 0 aliphatic carbocycles. The topological polar surface area (TPSA) is 100.0 Å². The smallest absolute Gasteiger partial charge is 0.244 e. The van der Waals surface area contributed by atoms with Gasteiger partial charge in [-0.2, -0.15) is 4.98 Å². The molecular weight excluding hydrogens is 349 g/mol. The molecule has 0 saturated heterocycles. The molecule has 1 aromatic carbocycles. The van der Waals surface area contributed by atoms with Gasteiger partial charge in [0.25, 0.3) is 0 Å². The predicted octanol–water partition coefficient (Wildman–Crippen LogP) is 3.27. The number of nitrogens with zero attached hydrogens (tertiary/aromatic N) is 4. The highest BCUT2D eigenvalue weighted by Gasteiger charge is 2.19. The molecule has 0 fully saturated rings. The quantitative estimate of drug-likeness (QED) is 0.579. The fourth-order valence-electron chi connectivity index (χ4n) is 2.68. The molecule has 7 nitrogen and oxygen atoms in total. The summed E-state index contributed by atoms with van der Waals surface area (Å²) in [7, 11) is 0. The first-order valence-corrected chi connectivity index (χ1v) is 8.39. The van der Waals surface area contributed by atoms with Crippen LogP contribution in [-0.4, -0.2) is 26.7 Å². The number of benzene rings is 1. The van der Waals surface area contributed by atoms with Gasteiger partial charge in [0.2, 0.25) is 5.88 Å². The minimum absolute atomic E-state index is 0.302. The van der Waals surface area contributed by atoms with Gasteiger partial charge < -0.3 is 15.0 Å². The van der Waals surface area contributed by atoms with Crippen molar-refractivity contribution in [2.45, 2.75) is 13.0 Å². The zero-order chi connectivity index (χ0) is 18.8. The molecule has 8 heteroatoms. The Kier molecular flexibility index (Phi) is 4.47. The molecule has 0 saturated carbocycles. The fourth-order valence-corrected chi connectivity index (χ4v) is 2.68. The second-order valence-corrected chi connectivity index (χ2v) is 5.79. The number of hydrogen-bond donors (Lipinski definition) is 1. The lowest BCUT2D eigenvalue weighted by molar-refractivity contribution is 0.328. The molecule has 3 aromatic heterocycles. The highest BCUT2D eigenvalue weighted by atomic mass is 19.1. The summed E-state index contributed by atoms with van der Waals surface area (Å²) in [5.41, 5.74) is 9.26. The molecule has 27 heavy (non-hydrogen) atoms. The van der Waals surface area contributed by atoms with Crippen molar-refractivity contribution in [2.75, 3.05) is 6.61 Å². The van der Waals surface area contributed by atoms with Crippen LogP contribution in [0.1, 0.15) is 24.5 Å². The third kappa shape index (κ3) is 3.34. The summed E-state index contributed by atoms with van der Waals surface area (Å²) >= 11 is 0. The van der Waals surface area contributed by atoms with Gasteiger partial charge >= 0.3 is 0 Å². The third-order valence-corrected chi connectivity index (χ3v) is 4.00. The average molecular weight is 365 g/mol. The molecule has 1 unspecified atom stereocenters. The highest BCUT2D eigenvalue weighted by molar-refractivity contribution is 5.82. The standard InChI is InChI=1S/C19H16FN5O2/c1-2-26-19-17-15(23-18(24-19)16(21)14-9-10-27-25-14)8-7-13(22-17)11-3-5-12(20)6-4-11/h3-10,16H,2,21H2,1H3. The van der Waals surface area contributed by atoms with Crippen LogP contribution in [0.2, 0.25) is 0 Å². The largest absolute Gasteiger partial charge is 0.476 e. The summed E-state index contributed by atoms with van der Waals surface area (Å²) in [4.78, 5) is 13.5. The molecular formula is C19H16FN5O2. The Morgan fingerprint density at radius 2 is 1.89 bits per heavy atom. The van der Waals surface area contributed by atoms with E-state index in [1.165, 1.54) is 18.4 Å². The number of halogens is 1. The summed E-state index contributed by atoms with van der Waals surface area (Å²) in [6.45, 7) is 2.27. The molecule has 0 bridgehead atoms. The van der Waals surface area contributed by atoms with E-state index in [-0.39, 0.29) is 5.82 Å². The lowest BCUT2D eigenvalue weighted by Crippen LogP contribution is -2.17. The monoisotopic (exact) mass is 365 g/mol. The molecule has 2 N–H and O–H groups in total. The van der Waals surface area contributed by atoms with Crippen LogP contribution in [0.3, 0.4) is 0 Å². The van der Waals surface area contributed by atoms with E-state index < -0.39 is 6.04 Å². The number of fused-ring (bicyclic) bond motifs is 1. The van der Waals surface area contributed by atoms with E-state index in [4.69, 9.17) is 15.0 Å². The molecule has 0 amide bonds. The summed E-state index contributed by atoms with van der Waals surface area (Å²) in [6, 6.07) is 10.7. The first-order chi connectivity index (χ1) is 13.2. The van der Waals surface area contributed by atoms with Crippen molar-refractivity contribution in [2.24, 2.45) is 5.73 Å². The normalized spacial score (nSPS) is 12.3. The van der Waals surface area contributed by atoms with Crippen molar-refractivity contribution >= 4 is 11.0 Å². The van der Waals surface area contributed by atoms with Crippen LogP contribution in [0.25, 0.3) is 22.3 Å². The van der Waals surface area contributed by atoms with Gasteiger partial charge in [0, 0.05) is 11.6 Å². The van der Waals surface area contributed by atoms with Crippen LogP contribution >= 0.6 is 0 Å². The zero-order valence-electron chi connectivity index (χ0n) is 14.5. The zero-order valence-corrected chi connectivity index (χ0v) is 14.5. The lowest BCUT2D eigenvalue weighted by atomic mass is 10.1. The summed E-state index contributed by atoms with van der Waals surface area (Å²) in [6.07, 6.45) is 1.44. The van der Waals surface area contributed by atoms with Crippen molar-refractivity contribution in [3.8, 4) is 17.1 Å². The molecule has 3 heterocycles. The Morgan fingerprint density at radius 1 is 1.07 bits per heavy atom. The Bertz CT molecular complexity index is 1070. The molecule has 4 aromatic rings. The van der Waals surface area contributed by atoms with Gasteiger partial charge in [-0.25, -0.2) is 14.4 Å².